The first-order valence-electron chi connectivity index (χ1n) is 27.2. The summed E-state index contributed by atoms with van der Waals surface area (Å²) in [6.45, 7) is 1.22. The zero-order chi connectivity index (χ0) is 54.1. The summed E-state index contributed by atoms with van der Waals surface area (Å²) < 4.78 is 247. The molecule has 0 atom stereocenters. The highest BCUT2D eigenvalue weighted by atomic mass is 16.3. The molecule has 46 heavy (non-hydrogen) atoms. The van der Waals surface area contributed by atoms with Gasteiger partial charge in [0.1, 0.15) is 11.2 Å². The first kappa shape index (κ1) is 10.9. The van der Waals surface area contributed by atoms with Gasteiger partial charge in [0, 0.05) is 10.8 Å². The zero-order valence-electron chi connectivity index (χ0n) is 50.4. The van der Waals surface area contributed by atoms with Gasteiger partial charge >= 0.3 is 0 Å². The van der Waals surface area contributed by atoms with Crippen molar-refractivity contribution in [1.29, 1.82) is 0 Å². The van der Waals surface area contributed by atoms with E-state index in [1.54, 1.807) is 0 Å². The number of hydrogen-bond donors (Lipinski definition) is 0. The molecule has 0 aliphatic carbocycles. The Labute approximate surface area is 305 Å². The summed E-state index contributed by atoms with van der Waals surface area (Å²) in [7, 11) is 0. The molecule has 0 fully saturated rings. The van der Waals surface area contributed by atoms with Crippen LogP contribution in [0.5, 0.6) is 0 Å². The second-order valence-electron chi connectivity index (χ2n) is 10.0. The van der Waals surface area contributed by atoms with Crippen LogP contribution in [0.4, 0.5) is 0 Å². The quantitative estimate of drug-likeness (QED) is 0.180. The van der Waals surface area contributed by atoms with Crippen LogP contribution in [0.2, 0.25) is 0 Å². The van der Waals surface area contributed by atoms with Crippen molar-refractivity contribution in [2.45, 2.75) is 6.92 Å². The summed E-state index contributed by atoms with van der Waals surface area (Å²) in [5.74, 6) is 0. The summed E-state index contributed by atoms with van der Waals surface area (Å²) in [5.41, 5.74) is -6.87. The van der Waals surface area contributed by atoms with Gasteiger partial charge < -0.3 is 4.42 Å². The molecule has 1 aromatic heterocycles. The van der Waals surface area contributed by atoms with E-state index >= 15 is 0 Å². The monoisotopic (exact) mass is 613 g/mol. The maximum Gasteiger partial charge on any atom is 0.136 e. The molecular formula is C45H30O. The molecule has 0 bridgehead atoms. The van der Waals surface area contributed by atoms with E-state index in [9.17, 15) is 12.3 Å². The molecule has 0 aliphatic rings. The van der Waals surface area contributed by atoms with E-state index in [-0.39, 0.29) is 5.56 Å². The highest BCUT2D eigenvalue weighted by molar-refractivity contribution is 6.23. The SMILES string of the molecule is [2H]c1c([2H])c([2H])c(-c2c(C)c([2H])c([2H])c([2H])c2-c2c3c([2H])c([2H])c([2H])c([2H])c3c(-c3c([2H])c([2H])c4c(oc5c([2H])c([2H])c(-c6c([2H])c([2H])c([2H])c([2H])c6[2H])c([2H])c54)c3[2H])c3c([2H])c([2H])c([2H])c([2H])c23)c([2H])c1[2H]. The predicted molar refractivity (Wildman–Crippen MR) is 195 cm³/mol. The zero-order valence-corrected chi connectivity index (χ0v) is 23.4. The van der Waals surface area contributed by atoms with E-state index in [0.717, 1.165) is 0 Å². The Kier molecular flexibility index (Phi) is 2.50. The summed E-state index contributed by atoms with van der Waals surface area (Å²) in [5, 5.41) is -3.85. The minimum atomic E-state index is -0.996. The smallest absolute Gasteiger partial charge is 0.136 e. The minimum absolute atomic E-state index is 0.286. The average molecular weight is 614 g/mol. The van der Waals surface area contributed by atoms with Gasteiger partial charge in [-0.2, -0.15) is 0 Å². The molecular weight excluding hydrogens is 556 g/mol. The second-order valence-corrected chi connectivity index (χ2v) is 10.0. The Morgan fingerprint density at radius 3 is 1.63 bits per heavy atom. The highest BCUT2D eigenvalue weighted by Gasteiger charge is 2.20. The molecule has 0 amide bonds. The predicted octanol–water partition coefficient (Wildman–Crippen LogP) is 12.9. The van der Waals surface area contributed by atoms with Crippen molar-refractivity contribution in [3.8, 4) is 44.5 Å². The van der Waals surface area contributed by atoms with Crippen LogP contribution >= 0.6 is 0 Å². The van der Waals surface area contributed by atoms with Crippen molar-refractivity contribution < 1.29 is 41.4 Å². The molecule has 8 aromatic carbocycles. The van der Waals surface area contributed by atoms with E-state index in [1.807, 2.05) is 0 Å². The van der Waals surface area contributed by atoms with Crippen molar-refractivity contribution in [3.63, 3.8) is 0 Å². The van der Waals surface area contributed by atoms with Crippen LogP contribution in [0, 0.1) is 6.92 Å². The van der Waals surface area contributed by atoms with Crippen LogP contribution in [-0.2, 0) is 0 Å². The Morgan fingerprint density at radius 2 is 0.957 bits per heavy atom. The summed E-state index contributed by atoms with van der Waals surface area (Å²) >= 11 is 0. The van der Waals surface area contributed by atoms with Crippen LogP contribution in [-0.4, -0.2) is 0 Å². The van der Waals surface area contributed by atoms with Crippen LogP contribution in [0.1, 0.15) is 42.6 Å². The van der Waals surface area contributed by atoms with Crippen LogP contribution in [0.15, 0.2) is 168 Å². The number of rotatable bonds is 4. The lowest BCUT2D eigenvalue weighted by atomic mass is 9.83. The van der Waals surface area contributed by atoms with Gasteiger partial charge in [0.2, 0.25) is 0 Å². The fraction of sp³-hybridized carbons (Fsp3) is 0.0222. The molecule has 216 valence electrons. The third-order valence-electron chi connectivity index (χ3n) is 7.45. The number of benzene rings is 8. The van der Waals surface area contributed by atoms with E-state index in [1.165, 1.54) is 6.92 Å². The fourth-order valence-electron chi connectivity index (χ4n) is 5.52. The molecule has 0 spiro atoms. The van der Waals surface area contributed by atoms with Gasteiger partial charge in [0.05, 0.1) is 37.0 Å². The van der Waals surface area contributed by atoms with Gasteiger partial charge in [0.15, 0.2) is 0 Å². The lowest BCUT2D eigenvalue weighted by molar-refractivity contribution is 0.669. The van der Waals surface area contributed by atoms with Gasteiger partial charge in [-0.05, 0) is 103 Å². The lowest BCUT2D eigenvalue weighted by Crippen LogP contribution is -1.94. The largest absolute Gasteiger partial charge is 0.456 e. The van der Waals surface area contributed by atoms with Gasteiger partial charge in [-0.25, -0.2) is 0 Å². The maximum atomic E-state index is 9.73. The van der Waals surface area contributed by atoms with Crippen molar-refractivity contribution in [2.24, 2.45) is 0 Å². The lowest BCUT2D eigenvalue weighted by Gasteiger charge is -2.20. The Bertz CT molecular complexity index is 3980. The molecule has 0 N–H and O–H groups in total. The Morgan fingerprint density at radius 1 is 0.370 bits per heavy atom. The molecule has 0 unspecified atom stereocenters. The number of furan rings is 1. The van der Waals surface area contributed by atoms with Gasteiger partial charge in [-0.3, -0.25) is 0 Å². The third-order valence-corrected chi connectivity index (χ3v) is 7.45. The Balaban J connectivity index is 1.57. The molecule has 9 aromatic rings. The molecule has 1 heterocycles. The second kappa shape index (κ2) is 10.6. The van der Waals surface area contributed by atoms with Crippen molar-refractivity contribution in [2.75, 3.05) is 0 Å². The number of fused-ring (bicyclic) bond motifs is 5. The van der Waals surface area contributed by atoms with Crippen molar-refractivity contribution in [3.05, 3.63) is 169 Å². The third kappa shape index (κ3) is 4.17. The fourth-order valence-corrected chi connectivity index (χ4v) is 5.52. The molecule has 0 radical (unpaired) electrons. The number of hydrogen-bond acceptors (Lipinski definition) is 1. The molecule has 0 saturated heterocycles. The van der Waals surface area contributed by atoms with Gasteiger partial charge in [-0.1, -0.05) is 139 Å². The summed E-state index contributed by atoms with van der Waals surface area (Å²) in [6, 6.07) is -24.1. The van der Waals surface area contributed by atoms with Gasteiger partial charge in [-0.15, -0.1) is 0 Å². The topological polar surface area (TPSA) is 13.1 Å². The van der Waals surface area contributed by atoms with Crippen molar-refractivity contribution >= 4 is 43.5 Å². The van der Waals surface area contributed by atoms with E-state index in [0.29, 0.717) is 0 Å². The first-order chi connectivity index (χ1) is 34.0. The first-order valence-corrected chi connectivity index (χ1v) is 13.7. The van der Waals surface area contributed by atoms with Crippen LogP contribution in [0.25, 0.3) is 88.0 Å². The normalized spacial score (nSPS) is 19.8. The van der Waals surface area contributed by atoms with Crippen LogP contribution in [0.3, 0.4) is 0 Å². The van der Waals surface area contributed by atoms with Gasteiger partial charge in [0.25, 0.3) is 0 Å². The molecule has 0 aliphatic heterocycles. The van der Waals surface area contributed by atoms with E-state index in [2.05, 4.69) is 0 Å². The maximum absolute atomic E-state index is 9.73. The van der Waals surface area contributed by atoms with E-state index < -0.39 is 251 Å². The van der Waals surface area contributed by atoms with Crippen molar-refractivity contribution in [1.82, 2.24) is 0 Å². The summed E-state index contributed by atoms with van der Waals surface area (Å²) in [4.78, 5) is 0. The molecule has 1 nitrogen and oxygen atoms in total. The minimum Gasteiger partial charge on any atom is -0.456 e. The van der Waals surface area contributed by atoms with E-state index in [4.69, 9.17) is 29.1 Å². The highest BCUT2D eigenvalue weighted by Crippen LogP contribution is 2.47. The summed E-state index contributed by atoms with van der Waals surface area (Å²) in [6.07, 6.45) is 0. The van der Waals surface area contributed by atoms with Crippen LogP contribution < -0.4 is 0 Å². The molecule has 1 heteroatoms. The average Bonchev–Trinajstić information content (AvgIpc) is 3.78. The molecule has 9 rings (SSSR count). The molecule has 0 saturated carbocycles. The standard InChI is InChI=1S/C45H30O/c1-29-13-12-22-39(43(29)31-16-6-3-7-17-31)45-37-20-10-8-18-35(37)44(36-19-9-11-21-38(36)45)33-23-25-34-40-27-32(30-14-4-2-5-15-30)24-26-41(40)46-42(34)28-33/h2-28H,1H3/i2D,3D,4D,5D,6D,7D,8D,9D,10D,11D,12D,13D,14D,15D,16D,17D,18D,19D,20D,21D,22D,23D,24D,25D,26D,27D,28D. The Hall–Kier alpha value is -5.92.